The second-order valence-corrected chi connectivity index (χ2v) is 11.4. The topological polar surface area (TPSA) is 105 Å². The monoisotopic (exact) mass is 631 g/mol. The fraction of sp³-hybridized carbons (Fsp3) is 0.484. The van der Waals surface area contributed by atoms with Gasteiger partial charge in [0, 0.05) is 58.1 Å². The Morgan fingerprint density at radius 2 is 2.02 bits per heavy atom. The van der Waals surface area contributed by atoms with E-state index in [-0.39, 0.29) is 42.2 Å². The van der Waals surface area contributed by atoms with Crippen LogP contribution in [0.4, 0.5) is 34.8 Å². The van der Waals surface area contributed by atoms with Crippen molar-refractivity contribution >= 4 is 29.0 Å². The molecule has 3 heterocycles. The van der Waals surface area contributed by atoms with Gasteiger partial charge in [-0.1, -0.05) is 12.1 Å². The quantitative estimate of drug-likeness (QED) is 0.240. The van der Waals surface area contributed by atoms with E-state index in [1.54, 1.807) is 28.0 Å². The van der Waals surface area contributed by atoms with E-state index in [1.165, 1.54) is 31.0 Å². The number of likely N-dealkylation sites (N-methyl/N-ethyl adjacent to an activating group) is 2. The van der Waals surface area contributed by atoms with Crippen molar-refractivity contribution in [3.05, 3.63) is 59.1 Å². The van der Waals surface area contributed by atoms with Crippen LogP contribution in [-0.4, -0.2) is 99.2 Å². The molecule has 0 unspecified atom stereocenters. The van der Waals surface area contributed by atoms with Gasteiger partial charge in [-0.3, -0.25) is 9.59 Å². The third kappa shape index (κ3) is 8.09. The number of ether oxygens (including phenoxy) is 1. The molecule has 1 atom stereocenters. The lowest BCUT2D eigenvalue weighted by molar-refractivity contribution is -0.139. The first kappa shape index (κ1) is 33.7. The number of hydrogen-bond donors (Lipinski definition) is 1. The lowest BCUT2D eigenvalue weighted by Crippen LogP contribution is -2.54. The van der Waals surface area contributed by atoms with Crippen LogP contribution in [-0.2, 0) is 20.5 Å². The number of carbonyl (C=O) groups excluding carboxylic acids is 2. The van der Waals surface area contributed by atoms with Crippen LogP contribution in [0.3, 0.4) is 0 Å². The molecule has 1 aromatic carbocycles. The number of halogens is 4. The first-order chi connectivity index (χ1) is 21.3. The molecule has 0 bridgehead atoms. The van der Waals surface area contributed by atoms with E-state index in [1.807, 2.05) is 25.1 Å². The number of benzene rings is 1. The van der Waals surface area contributed by atoms with Gasteiger partial charge in [0.15, 0.2) is 0 Å². The molecule has 4 rings (SSSR count). The maximum atomic E-state index is 15.2. The highest BCUT2D eigenvalue weighted by atomic mass is 19.4. The van der Waals surface area contributed by atoms with Crippen LogP contribution in [0.15, 0.2) is 36.4 Å². The molecule has 1 aromatic heterocycles. The largest absolute Gasteiger partial charge is 0.417 e. The molecule has 45 heavy (non-hydrogen) atoms. The van der Waals surface area contributed by atoms with Crippen LogP contribution in [0.25, 0.3) is 0 Å². The van der Waals surface area contributed by atoms with Gasteiger partial charge in [0.2, 0.25) is 11.8 Å². The van der Waals surface area contributed by atoms with Crippen molar-refractivity contribution < 1.29 is 31.9 Å². The van der Waals surface area contributed by atoms with Crippen LogP contribution >= 0.6 is 0 Å². The van der Waals surface area contributed by atoms with Crippen molar-refractivity contribution in [1.82, 2.24) is 14.8 Å². The maximum Gasteiger partial charge on any atom is 0.417 e. The molecule has 242 valence electrons. The highest BCUT2D eigenvalue weighted by molar-refractivity contribution is 6.01. The number of alkyl halides is 3. The standard InChI is InChI=1S/C31H37F4N7O3/c1-20-16-23(31(33,34)35)22(17-36)29(37-20)38-25-11-14-41(28-24(32)8-5-9-26(28)40(4)30(25)44)13-7-15-45-21-18-42(19-21)27(43)10-6-12-39(2)3/h5-6,8-10,16,21,25H,7,11-15,18-19H2,1-4H3,(H,37,38)/b10-6+/t25-/m0/s1. The minimum atomic E-state index is -4.79. The number of aryl methyl sites for hydroxylation is 1. The molecule has 1 saturated heterocycles. The van der Waals surface area contributed by atoms with Gasteiger partial charge in [-0.25, -0.2) is 9.37 Å². The highest BCUT2D eigenvalue weighted by Gasteiger charge is 2.37. The van der Waals surface area contributed by atoms with E-state index >= 15 is 4.39 Å². The molecule has 10 nitrogen and oxygen atoms in total. The lowest BCUT2D eigenvalue weighted by Gasteiger charge is -2.38. The molecule has 0 aliphatic carbocycles. The van der Waals surface area contributed by atoms with Crippen LogP contribution in [0.5, 0.6) is 0 Å². The number of amides is 2. The third-order valence-corrected chi connectivity index (χ3v) is 7.65. The van der Waals surface area contributed by atoms with E-state index in [9.17, 15) is 28.0 Å². The van der Waals surface area contributed by atoms with E-state index < -0.39 is 35.1 Å². The number of nitrogens with one attached hydrogen (secondary N) is 1. The Morgan fingerprint density at radius 1 is 1.29 bits per heavy atom. The normalized spacial score (nSPS) is 17.6. The molecule has 2 amide bonds. The van der Waals surface area contributed by atoms with Crippen LogP contribution in [0.1, 0.15) is 29.7 Å². The molecule has 1 N–H and O–H groups in total. The van der Waals surface area contributed by atoms with Gasteiger partial charge in [-0.05, 0) is 52.1 Å². The molecular formula is C31H37F4N7O3. The molecule has 0 spiro atoms. The zero-order chi connectivity index (χ0) is 32.9. The summed E-state index contributed by atoms with van der Waals surface area (Å²) in [6.45, 7) is 3.94. The van der Waals surface area contributed by atoms with Gasteiger partial charge >= 0.3 is 6.18 Å². The Kier molecular flexibility index (Phi) is 10.7. The number of rotatable bonds is 10. The Balaban J connectivity index is 1.43. The summed E-state index contributed by atoms with van der Waals surface area (Å²) in [5.74, 6) is -1.43. The number of para-hydroxylation sites is 1. The Labute approximate surface area is 259 Å². The van der Waals surface area contributed by atoms with Gasteiger partial charge in [-0.2, -0.15) is 18.4 Å². The SMILES string of the molecule is Cc1cc(C(F)(F)F)c(C#N)c(N[C@H]2CCN(CCCOC3CN(C(=O)/C=C/CN(C)C)C3)c3c(F)cccc3N(C)C2=O)n1. The fourth-order valence-electron chi connectivity index (χ4n) is 5.30. The van der Waals surface area contributed by atoms with Crippen molar-refractivity contribution in [2.24, 2.45) is 0 Å². The average Bonchev–Trinajstić information content (AvgIpc) is 2.94. The van der Waals surface area contributed by atoms with Crippen molar-refractivity contribution in [2.45, 2.75) is 38.1 Å². The second kappa shape index (κ2) is 14.3. The third-order valence-electron chi connectivity index (χ3n) is 7.65. The lowest BCUT2D eigenvalue weighted by atomic mass is 10.0. The summed E-state index contributed by atoms with van der Waals surface area (Å²) in [6, 6.07) is 5.71. The number of pyridine rings is 1. The van der Waals surface area contributed by atoms with Gasteiger partial charge in [0.25, 0.3) is 0 Å². The summed E-state index contributed by atoms with van der Waals surface area (Å²) in [5, 5.41) is 12.4. The summed E-state index contributed by atoms with van der Waals surface area (Å²) in [7, 11) is 5.30. The number of fused-ring (bicyclic) bond motifs is 1. The molecular weight excluding hydrogens is 594 g/mol. The average molecular weight is 632 g/mol. The summed E-state index contributed by atoms with van der Waals surface area (Å²) >= 11 is 0. The number of anilines is 3. The molecule has 2 aliphatic heterocycles. The zero-order valence-corrected chi connectivity index (χ0v) is 25.7. The van der Waals surface area contributed by atoms with Crippen molar-refractivity contribution in [3.8, 4) is 6.07 Å². The summed E-state index contributed by atoms with van der Waals surface area (Å²) in [5.41, 5.74) is -1.27. The van der Waals surface area contributed by atoms with E-state index in [4.69, 9.17) is 4.74 Å². The predicted molar refractivity (Wildman–Crippen MR) is 161 cm³/mol. The first-order valence-corrected chi connectivity index (χ1v) is 14.6. The van der Waals surface area contributed by atoms with E-state index in [0.29, 0.717) is 44.9 Å². The molecule has 2 aromatic rings. The molecule has 14 heteroatoms. The molecule has 1 fully saturated rings. The van der Waals surface area contributed by atoms with Crippen molar-refractivity contribution in [1.29, 1.82) is 5.26 Å². The highest BCUT2D eigenvalue weighted by Crippen LogP contribution is 2.37. The minimum Gasteiger partial charge on any atom is -0.374 e. The molecule has 0 saturated carbocycles. The van der Waals surface area contributed by atoms with Crippen LogP contribution in [0, 0.1) is 24.1 Å². The van der Waals surface area contributed by atoms with Gasteiger partial charge < -0.3 is 29.7 Å². The number of nitriles is 1. The fourth-order valence-corrected chi connectivity index (χ4v) is 5.30. The van der Waals surface area contributed by atoms with Gasteiger partial charge in [-0.15, -0.1) is 0 Å². The van der Waals surface area contributed by atoms with E-state index in [2.05, 4.69) is 10.3 Å². The van der Waals surface area contributed by atoms with Crippen LogP contribution < -0.4 is 15.1 Å². The number of likely N-dealkylation sites (tertiary alicyclic amines) is 1. The predicted octanol–water partition coefficient (Wildman–Crippen LogP) is 3.81. The minimum absolute atomic E-state index is 0.0317. The first-order valence-electron chi connectivity index (χ1n) is 14.6. The number of aromatic nitrogens is 1. The Hall–Kier alpha value is -4.22. The second-order valence-electron chi connectivity index (χ2n) is 11.4. The Bertz CT molecular complexity index is 1470. The summed E-state index contributed by atoms with van der Waals surface area (Å²) in [4.78, 5) is 36.5. The smallest absolute Gasteiger partial charge is 0.374 e. The molecule has 2 aliphatic rings. The maximum absolute atomic E-state index is 15.2. The summed E-state index contributed by atoms with van der Waals surface area (Å²) in [6.07, 6.45) is -0.906. The number of carbonyl (C=O) groups is 2. The van der Waals surface area contributed by atoms with Crippen molar-refractivity contribution in [2.75, 3.05) is 75.6 Å². The van der Waals surface area contributed by atoms with Gasteiger partial charge in [0.05, 0.1) is 23.0 Å². The van der Waals surface area contributed by atoms with Crippen LogP contribution in [0.2, 0.25) is 0 Å². The number of nitrogens with zero attached hydrogens (tertiary/aromatic N) is 6. The van der Waals surface area contributed by atoms with E-state index in [0.717, 1.165) is 6.07 Å². The van der Waals surface area contributed by atoms with Gasteiger partial charge in [0.1, 0.15) is 29.3 Å². The Morgan fingerprint density at radius 3 is 2.69 bits per heavy atom. The number of hydrogen-bond acceptors (Lipinski definition) is 8. The zero-order valence-electron chi connectivity index (χ0n) is 25.7. The van der Waals surface area contributed by atoms with Crippen molar-refractivity contribution in [3.63, 3.8) is 0 Å². The summed E-state index contributed by atoms with van der Waals surface area (Å²) < 4.78 is 62.2. The molecule has 0 radical (unpaired) electrons.